The molecule has 0 aliphatic carbocycles. The summed E-state index contributed by atoms with van der Waals surface area (Å²) in [6.45, 7) is 9.31. The van der Waals surface area contributed by atoms with Gasteiger partial charge in [-0.05, 0) is 48.4 Å². The lowest BCUT2D eigenvalue weighted by Crippen LogP contribution is -2.35. The number of piperidine rings is 1. The Kier molecular flexibility index (Phi) is 7.20. The van der Waals surface area contributed by atoms with Crippen molar-refractivity contribution in [3.8, 4) is 5.69 Å². The van der Waals surface area contributed by atoms with Crippen molar-refractivity contribution in [2.45, 2.75) is 58.7 Å². The zero-order valence-corrected chi connectivity index (χ0v) is 19.7. The van der Waals surface area contributed by atoms with Crippen LogP contribution in [0.3, 0.4) is 0 Å². The molecule has 0 spiro atoms. The van der Waals surface area contributed by atoms with Crippen LogP contribution in [0.1, 0.15) is 65.7 Å². The van der Waals surface area contributed by atoms with E-state index in [1.807, 2.05) is 37.3 Å². The second kappa shape index (κ2) is 10.3. The molecule has 3 aromatic rings. The number of aryl methyl sites for hydroxylation is 1. The number of carbonyl (C=O) groups is 1. The number of likely N-dealkylation sites (tertiary alicyclic amines) is 1. The molecule has 1 saturated heterocycles. The summed E-state index contributed by atoms with van der Waals surface area (Å²) in [4.78, 5) is 19.5. The SMILES string of the molecule is Cc1nc(C(=O)NCc2ccc(CN3CCC(O)CC3)cc2)nn1-c1ccccc1C(C)C. The molecule has 7 heteroatoms. The summed E-state index contributed by atoms with van der Waals surface area (Å²) >= 11 is 0. The van der Waals surface area contributed by atoms with Gasteiger partial charge in [0, 0.05) is 26.2 Å². The molecule has 1 aliphatic heterocycles. The summed E-state index contributed by atoms with van der Waals surface area (Å²) in [5, 5.41) is 17.1. The largest absolute Gasteiger partial charge is 0.393 e. The van der Waals surface area contributed by atoms with E-state index in [1.54, 1.807) is 4.68 Å². The average Bonchev–Trinajstić information content (AvgIpc) is 3.21. The summed E-state index contributed by atoms with van der Waals surface area (Å²) in [6, 6.07) is 16.4. The molecule has 0 atom stereocenters. The third-order valence-corrected chi connectivity index (χ3v) is 6.20. The number of amides is 1. The van der Waals surface area contributed by atoms with Crippen LogP contribution in [0.15, 0.2) is 48.5 Å². The van der Waals surface area contributed by atoms with Gasteiger partial charge in [-0.1, -0.05) is 56.3 Å². The van der Waals surface area contributed by atoms with E-state index in [-0.39, 0.29) is 17.8 Å². The van der Waals surface area contributed by atoms with Gasteiger partial charge in [0.05, 0.1) is 11.8 Å². The fourth-order valence-electron chi connectivity index (χ4n) is 4.24. The van der Waals surface area contributed by atoms with Crippen LogP contribution in [-0.2, 0) is 13.1 Å². The molecule has 0 saturated carbocycles. The standard InChI is InChI=1S/C26H33N5O2/c1-18(2)23-6-4-5-7-24(23)31-19(3)28-25(29-31)26(33)27-16-20-8-10-21(11-9-20)17-30-14-12-22(32)13-15-30/h4-11,18,22,32H,12-17H2,1-3H3,(H,27,33). The number of rotatable bonds is 7. The number of carbonyl (C=O) groups excluding carboxylic acids is 1. The van der Waals surface area contributed by atoms with Crippen molar-refractivity contribution < 1.29 is 9.90 Å². The Labute approximate surface area is 195 Å². The van der Waals surface area contributed by atoms with Gasteiger partial charge in [0.2, 0.25) is 5.82 Å². The molecular weight excluding hydrogens is 414 g/mol. The topological polar surface area (TPSA) is 83.3 Å². The number of aromatic nitrogens is 3. The molecule has 33 heavy (non-hydrogen) atoms. The number of aliphatic hydroxyl groups is 1. The first-order chi connectivity index (χ1) is 15.9. The van der Waals surface area contributed by atoms with Crippen LogP contribution >= 0.6 is 0 Å². The maximum absolute atomic E-state index is 12.7. The van der Waals surface area contributed by atoms with E-state index in [2.05, 4.69) is 52.3 Å². The average molecular weight is 448 g/mol. The Bertz CT molecular complexity index is 1080. The predicted molar refractivity (Wildman–Crippen MR) is 128 cm³/mol. The Balaban J connectivity index is 1.36. The summed E-state index contributed by atoms with van der Waals surface area (Å²) in [7, 11) is 0. The quantitative estimate of drug-likeness (QED) is 0.578. The van der Waals surface area contributed by atoms with E-state index in [4.69, 9.17) is 0 Å². The Morgan fingerprint density at radius 2 is 1.76 bits per heavy atom. The molecule has 1 aromatic heterocycles. The van der Waals surface area contributed by atoms with Gasteiger partial charge < -0.3 is 10.4 Å². The van der Waals surface area contributed by atoms with Crippen molar-refractivity contribution in [1.82, 2.24) is 25.0 Å². The maximum atomic E-state index is 12.7. The molecule has 0 unspecified atom stereocenters. The number of nitrogens with zero attached hydrogens (tertiary/aromatic N) is 4. The normalized spacial score (nSPS) is 15.2. The van der Waals surface area contributed by atoms with E-state index in [0.29, 0.717) is 18.3 Å². The van der Waals surface area contributed by atoms with Crippen LogP contribution in [0, 0.1) is 6.92 Å². The van der Waals surface area contributed by atoms with Crippen molar-refractivity contribution >= 4 is 5.91 Å². The molecule has 1 amide bonds. The minimum absolute atomic E-state index is 0.151. The fraction of sp³-hybridized carbons (Fsp3) is 0.423. The molecular formula is C26H33N5O2. The first kappa shape index (κ1) is 23.1. The van der Waals surface area contributed by atoms with Crippen LogP contribution in [0.5, 0.6) is 0 Å². The summed E-state index contributed by atoms with van der Waals surface area (Å²) < 4.78 is 1.75. The molecule has 1 fully saturated rings. The lowest BCUT2D eigenvalue weighted by molar-refractivity contribution is 0.0792. The van der Waals surface area contributed by atoms with Gasteiger partial charge in [0.15, 0.2) is 0 Å². The van der Waals surface area contributed by atoms with Gasteiger partial charge >= 0.3 is 0 Å². The highest BCUT2D eigenvalue weighted by Gasteiger charge is 2.18. The minimum Gasteiger partial charge on any atom is -0.393 e. The third kappa shape index (κ3) is 5.67. The highest BCUT2D eigenvalue weighted by Crippen LogP contribution is 2.23. The van der Waals surface area contributed by atoms with Gasteiger partial charge in [-0.2, -0.15) is 0 Å². The first-order valence-corrected chi connectivity index (χ1v) is 11.7. The molecule has 2 aromatic carbocycles. The zero-order chi connectivity index (χ0) is 23.4. The third-order valence-electron chi connectivity index (χ3n) is 6.20. The van der Waals surface area contributed by atoms with Gasteiger partial charge in [0.1, 0.15) is 5.82 Å². The zero-order valence-electron chi connectivity index (χ0n) is 19.7. The van der Waals surface area contributed by atoms with Crippen LogP contribution in [0.2, 0.25) is 0 Å². The minimum atomic E-state index is -0.283. The van der Waals surface area contributed by atoms with Crippen molar-refractivity contribution in [2.24, 2.45) is 0 Å². The Morgan fingerprint density at radius 1 is 1.09 bits per heavy atom. The summed E-state index contributed by atoms with van der Waals surface area (Å²) in [5.74, 6) is 0.916. The summed E-state index contributed by atoms with van der Waals surface area (Å²) in [5.41, 5.74) is 4.39. The van der Waals surface area contributed by atoms with E-state index in [1.165, 1.54) is 11.1 Å². The molecule has 4 rings (SSSR count). The number of hydrogen-bond donors (Lipinski definition) is 2. The molecule has 0 bridgehead atoms. The number of para-hydroxylation sites is 1. The van der Waals surface area contributed by atoms with E-state index in [0.717, 1.165) is 43.7 Å². The van der Waals surface area contributed by atoms with Crippen LogP contribution < -0.4 is 5.32 Å². The molecule has 1 aliphatic rings. The summed E-state index contributed by atoms with van der Waals surface area (Å²) in [6.07, 6.45) is 1.54. The number of hydrogen-bond acceptors (Lipinski definition) is 5. The van der Waals surface area contributed by atoms with Crippen LogP contribution in [-0.4, -0.2) is 49.9 Å². The maximum Gasteiger partial charge on any atom is 0.291 e. The highest BCUT2D eigenvalue weighted by atomic mass is 16.3. The van der Waals surface area contributed by atoms with Crippen molar-refractivity contribution in [2.75, 3.05) is 13.1 Å². The fourth-order valence-corrected chi connectivity index (χ4v) is 4.24. The molecule has 2 heterocycles. The molecule has 174 valence electrons. The van der Waals surface area contributed by atoms with E-state index in [9.17, 15) is 9.90 Å². The highest BCUT2D eigenvalue weighted by molar-refractivity contribution is 5.90. The molecule has 0 radical (unpaired) electrons. The number of benzene rings is 2. The van der Waals surface area contributed by atoms with E-state index >= 15 is 0 Å². The Morgan fingerprint density at radius 3 is 2.45 bits per heavy atom. The lowest BCUT2D eigenvalue weighted by Gasteiger charge is -2.29. The second-order valence-electron chi connectivity index (χ2n) is 9.11. The number of aliphatic hydroxyl groups excluding tert-OH is 1. The van der Waals surface area contributed by atoms with E-state index < -0.39 is 0 Å². The van der Waals surface area contributed by atoms with Gasteiger partial charge in [-0.3, -0.25) is 9.69 Å². The van der Waals surface area contributed by atoms with Crippen molar-refractivity contribution in [1.29, 1.82) is 0 Å². The molecule has 7 nitrogen and oxygen atoms in total. The van der Waals surface area contributed by atoms with Gasteiger partial charge in [-0.15, -0.1) is 5.10 Å². The second-order valence-corrected chi connectivity index (χ2v) is 9.11. The monoisotopic (exact) mass is 447 g/mol. The predicted octanol–water partition coefficient (Wildman–Crippen LogP) is 3.59. The lowest BCUT2D eigenvalue weighted by atomic mass is 10.0. The Hall–Kier alpha value is -3.03. The smallest absolute Gasteiger partial charge is 0.291 e. The van der Waals surface area contributed by atoms with Crippen LogP contribution in [0.25, 0.3) is 5.69 Å². The molecule has 2 N–H and O–H groups in total. The van der Waals surface area contributed by atoms with Gasteiger partial charge in [0.25, 0.3) is 5.91 Å². The first-order valence-electron chi connectivity index (χ1n) is 11.7. The van der Waals surface area contributed by atoms with Crippen LogP contribution in [0.4, 0.5) is 0 Å². The van der Waals surface area contributed by atoms with Gasteiger partial charge in [-0.25, -0.2) is 9.67 Å². The van der Waals surface area contributed by atoms with Crippen molar-refractivity contribution in [3.63, 3.8) is 0 Å². The number of nitrogens with one attached hydrogen (secondary N) is 1. The van der Waals surface area contributed by atoms with Crippen molar-refractivity contribution in [3.05, 3.63) is 76.9 Å².